The van der Waals surface area contributed by atoms with Crippen LogP contribution >= 0.6 is 0 Å². The predicted octanol–water partition coefficient (Wildman–Crippen LogP) is 2.84. The molecule has 6 nitrogen and oxygen atoms in total. The molecule has 0 spiro atoms. The van der Waals surface area contributed by atoms with Crippen molar-refractivity contribution < 1.29 is 19.4 Å². The zero-order valence-corrected chi connectivity index (χ0v) is 14.8. The van der Waals surface area contributed by atoms with Gasteiger partial charge in [-0.05, 0) is 31.9 Å². The number of carbonyl (C=O) groups is 2. The maximum atomic E-state index is 13.0. The zero-order valence-electron chi connectivity index (χ0n) is 14.8. The summed E-state index contributed by atoms with van der Waals surface area (Å²) in [6, 6.07) is 3.00. The highest BCUT2D eigenvalue weighted by Crippen LogP contribution is 2.46. The minimum Gasteiger partial charge on any atom is -0.477 e. The third-order valence-corrected chi connectivity index (χ3v) is 4.82. The Morgan fingerprint density at radius 1 is 1.42 bits per heavy atom. The lowest BCUT2D eigenvalue weighted by Gasteiger charge is -2.55. The van der Waals surface area contributed by atoms with Gasteiger partial charge < -0.3 is 14.7 Å². The first-order valence-electron chi connectivity index (χ1n) is 8.44. The summed E-state index contributed by atoms with van der Waals surface area (Å²) in [5.74, 6) is -1.28. The van der Waals surface area contributed by atoms with Gasteiger partial charge in [-0.25, -0.2) is 9.78 Å². The fourth-order valence-electron chi connectivity index (χ4n) is 3.36. The third kappa shape index (κ3) is 3.43. The van der Waals surface area contributed by atoms with Crippen LogP contribution in [0.15, 0.2) is 18.3 Å². The molecule has 1 aliphatic rings. The minimum atomic E-state index is -1.13. The number of ether oxygens (including phenoxy) is 1. The predicted molar refractivity (Wildman–Crippen MR) is 90.1 cm³/mol. The standard InChI is InChI=1S/C18H26N2O4/c1-5-9-20(14-11-15(24-6-2)18(14,3)4)16(21)12-7-8-19-13(10-12)17(22)23/h7-8,10,14-15H,5-6,9,11H2,1-4H3,(H,22,23). The average molecular weight is 334 g/mol. The van der Waals surface area contributed by atoms with Crippen molar-refractivity contribution in [1.82, 2.24) is 9.88 Å². The van der Waals surface area contributed by atoms with Crippen LogP contribution in [0.1, 0.15) is 61.4 Å². The normalized spacial score (nSPS) is 21.8. The van der Waals surface area contributed by atoms with Crippen molar-refractivity contribution in [1.29, 1.82) is 0 Å². The third-order valence-electron chi connectivity index (χ3n) is 4.82. The van der Waals surface area contributed by atoms with Gasteiger partial charge in [-0.3, -0.25) is 4.79 Å². The second kappa shape index (κ2) is 7.30. The van der Waals surface area contributed by atoms with Crippen molar-refractivity contribution in [3.05, 3.63) is 29.6 Å². The molecule has 0 aromatic carbocycles. The molecule has 24 heavy (non-hydrogen) atoms. The second-order valence-corrected chi connectivity index (χ2v) is 6.75. The first-order valence-corrected chi connectivity index (χ1v) is 8.44. The van der Waals surface area contributed by atoms with Crippen molar-refractivity contribution in [3.8, 4) is 0 Å². The number of carbonyl (C=O) groups excluding carboxylic acids is 1. The summed E-state index contributed by atoms with van der Waals surface area (Å²) in [6.45, 7) is 9.54. The lowest BCUT2D eigenvalue weighted by molar-refractivity contribution is -0.140. The van der Waals surface area contributed by atoms with Gasteiger partial charge in [-0.1, -0.05) is 20.8 Å². The number of carboxylic acids is 1. The van der Waals surface area contributed by atoms with Gasteiger partial charge in [0.15, 0.2) is 0 Å². The van der Waals surface area contributed by atoms with E-state index < -0.39 is 5.97 Å². The maximum Gasteiger partial charge on any atom is 0.354 e. The van der Waals surface area contributed by atoms with E-state index in [1.165, 1.54) is 12.3 Å². The van der Waals surface area contributed by atoms with E-state index in [9.17, 15) is 9.59 Å². The Hall–Kier alpha value is -1.95. The van der Waals surface area contributed by atoms with Crippen molar-refractivity contribution in [2.45, 2.75) is 52.7 Å². The summed E-state index contributed by atoms with van der Waals surface area (Å²) in [4.78, 5) is 29.7. The first kappa shape index (κ1) is 18.4. The van der Waals surface area contributed by atoms with E-state index in [0.717, 1.165) is 12.8 Å². The number of carboxylic acid groups (broad SMARTS) is 1. The number of pyridine rings is 1. The molecule has 1 N–H and O–H groups in total. The number of aromatic carboxylic acids is 1. The average Bonchev–Trinajstić information content (AvgIpc) is 2.56. The number of amides is 1. The Balaban J connectivity index is 2.23. The Morgan fingerprint density at radius 3 is 2.67 bits per heavy atom. The van der Waals surface area contributed by atoms with E-state index in [2.05, 4.69) is 18.8 Å². The van der Waals surface area contributed by atoms with E-state index in [1.54, 1.807) is 6.07 Å². The second-order valence-electron chi connectivity index (χ2n) is 6.75. The molecular formula is C18H26N2O4. The van der Waals surface area contributed by atoms with Crippen LogP contribution in [0, 0.1) is 5.41 Å². The molecule has 6 heteroatoms. The Kier molecular flexibility index (Phi) is 5.59. The molecule has 1 saturated carbocycles. The Labute approximate surface area is 142 Å². The van der Waals surface area contributed by atoms with Gasteiger partial charge in [0.2, 0.25) is 0 Å². The van der Waals surface area contributed by atoms with Crippen LogP contribution in [0.5, 0.6) is 0 Å². The van der Waals surface area contributed by atoms with Gasteiger partial charge in [-0.15, -0.1) is 0 Å². The van der Waals surface area contributed by atoms with E-state index in [0.29, 0.717) is 18.7 Å². The summed E-state index contributed by atoms with van der Waals surface area (Å²) in [6.07, 6.45) is 3.17. The number of hydrogen-bond acceptors (Lipinski definition) is 4. The molecule has 1 amide bonds. The van der Waals surface area contributed by atoms with Crippen molar-refractivity contribution in [2.75, 3.05) is 13.2 Å². The number of hydrogen-bond donors (Lipinski definition) is 1. The molecule has 1 aromatic heterocycles. The van der Waals surface area contributed by atoms with Gasteiger partial charge in [-0.2, -0.15) is 0 Å². The van der Waals surface area contributed by atoms with Crippen LogP contribution in [-0.2, 0) is 4.74 Å². The van der Waals surface area contributed by atoms with E-state index in [1.807, 2.05) is 18.7 Å². The topological polar surface area (TPSA) is 79.7 Å². The molecule has 0 radical (unpaired) electrons. The molecule has 0 aliphatic heterocycles. The number of rotatable bonds is 7. The van der Waals surface area contributed by atoms with Gasteiger partial charge in [0.1, 0.15) is 5.69 Å². The van der Waals surface area contributed by atoms with Crippen LogP contribution < -0.4 is 0 Å². The molecule has 1 aliphatic carbocycles. The van der Waals surface area contributed by atoms with Gasteiger partial charge in [0, 0.05) is 36.4 Å². The summed E-state index contributed by atoms with van der Waals surface area (Å²) in [5, 5.41) is 9.07. The molecule has 0 saturated heterocycles. The van der Waals surface area contributed by atoms with E-state index in [-0.39, 0.29) is 29.2 Å². The quantitative estimate of drug-likeness (QED) is 0.829. The lowest BCUT2D eigenvalue weighted by atomic mass is 9.63. The molecule has 1 heterocycles. The summed E-state index contributed by atoms with van der Waals surface area (Å²) < 4.78 is 5.76. The van der Waals surface area contributed by atoms with Crippen LogP contribution in [0.3, 0.4) is 0 Å². The van der Waals surface area contributed by atoms with Crippen LogP contribution in [-0.4, -0.2) is 52.2 Å². The zero-order chi connectivity index (χ0) is 17.9. The summed E-state index contributed by atoms with van der Waals surface area (Å²) in [7, 11) is 0. The van der Waals surface area contributed by atoms with E-state index >= 15 is 0 Å². The first-order chi connectivity index (χ1) is 11.3. The molecule has 2 unspecified atom stereocenters. The van der Waals surface area contributed by atoms with Gasteiger partial charge in [0.25, 0.3) is 5.91 Å². The summed E-state index contributed by atoms with van der Waals surface area (Å²) >= 11 is 0. The monoisotopic (exact) mass is 334 g/mol. The van der Waals surface area contributed by atoms with Gasteiger partial charge in [0.05, 0.1) is 6.10 Å². The van der Waals surface area contributed by atoms with Crippen LogP contribution in [0.4, 0.5) is 0 Å². The highest BCUT2D eigenvalue weighted by Gasteiger charge is 2.52. The largest absolute Gasteiger partial charge is 0.477 e. The molecule has 1 aromatic rings. The van der Waals surface area contributed by atoms with Crippen molar-refractivity contribution in [2.24, 2.45) is 5.41 Å². The maximum absolute atomic E-state index is 13.0. The van der Waals surface area contributed by atoms with Crippen LogP contribution in [0.2, 0.25) is 0 Å². The SMILES string of the molecule is CCCN(C(=O)c1ccnc(C(=O)O)c1)C1CC(OCC)C1(C)C. The molecule has 2 atom stereocenters. The minimum absolute atomic E-state index is 0.0861. The summed E-state index contributed by atoms with van der Waals surface area (Å²) in [5.41, 5.74) is 0.132. The molecule has 2 rings (SSSR count). The fourth-order valence-corrected chi connectivity index (χ4v) is 3.36. The van der Waals surface area contributed by atoms with E-state index in [4.69, 9.17) is 9.84 Å². The lowest BCUT2D eigenvalue weighted by Crippen LogP contribution is -2.63. The Morgan fingerprint density at radius 2 is 2.12 bits per heavy atom. The van der Waals surface area contributed by atoms with Crippen molar-refractivity contribution in [3.63, 3.8) is 0 Å². The molecule has 132 valence electrons. The molecule has 0 bridgehead atoms. The number of nitrogens with zero attached hydrogens (tertiary/aromatic N) is 2. The number of aromatic nitrogens is 1. The van der Waals surface area contributed by atoms with Crippen molar-refractivity contribution >= 4 is 11.9 Å². The highest BCUT2D eigenvalue weighted by molar-refractivity contribution is 5.97. The molecule has 1 fully saturated rings. The van der Waals surface area contributed by atoms with Crippen LogP contribution in [0.25, 0.3) is 0 Å². The highest BCUT2D eigenvalue weighted by atomic mass is 16.5. The smallest absolute Gasteiger partial charge is 0.354 e. The van der Waals surface area contributed by atoms with Gasteiger partial charge >= 0.3 is 5.97 Å². The molecular weight excluding hydrogens is 308 g/mol. The Bertz CT molecular complexity index is 615. The fraction of sp³-hybridized carbons (Fsp3) is 0.611.